The molecule has 0 radical (unpaired) electrons. The van der Waals surface area contributed by atoms with Gasteiger partial charge in [0.05, 0.1) is 18.8 Å². The zero-order valence-corrected chi connectivity index (χ0v) is 15.1. The van der Waals surface area contributed by atoms with Gasteiger partial charge in [0.1, 0.15) is 5.69 Å². The molecule has 6 nitrogen and oxygen atoms in total. The van der Waals surface area contributed by atoms with Crippen molar-refractivity contribution in [3.63, 3.8) is 0 Å². The average Bonchev–Trinajstić information content (AvgIpc) is 2.68. The molecule has 2 aromatic rings. The van der Waals surface area contributed by atoms with Gasteiger partial charge in [0.25, 0.3) is 5.91 Å². The fourth-order valence-corrected chi connectivity index (χ4v) is 2.82. The number of nitrogens with zero attached hydrogens (tertiary/aromatic N) is 2. The molecule has 0 saturated carbocycles. The van der Waals surface area contributed by atoms with Crippen LogP contribution in [-0.4, -0.2) is 55.2 Å². The van der Waals surface area contributed by atoms with Crippen molar-refractivity contribution >= 4 is 17.3 Å². The molecule has 1 fully saturated rings. The number of carbonyl (C=O) groups excluding carboxylic acids is 1. The molecular weight excluding hydrogens is 373 g/mol. The van der Waals surface area contributed by atoms with Crippen LogP contribution in [0.3, 0.4) is 0 Å². The summed E-state index contributed by atoms with van der Waals surface area (Å²) in [7, 11) is 0. The molecule has 28 heavy (non-hydrogen) atoms. The third-order valence-corrected chi connectivity index (χ3v) is 4.29. The summed E-state index contributed by atoms with van der Waals surface area (Å²) in [5.74, 6) is -0.332. The fourth-order valence-electron chi connectivity index (χ4n) is 2.82. The van der Waals surface area contributed by atoms with E-state index < -0.39 is 11.7 Å². The summed E-state index contributed by atoms with van der Waals surface area (Å²) in [4.78, 5) is 18.5. The van der Waals surface area contributed by atoms with Crippen LogP contribution in [0.25, 0.3) is 0 Å². The first kappa shape index (κ1) is 20.1. The van der Waals surface area contributed by atoms with E-state index in [0.717, 1.165) is 31.8 Å². The molecule has 1 aromatic heterocycles. The van der Waals surface area contributed by atoms with E-state index in [2.05, 4.69) is 20.5 Å². The number of alkyl halides is 3. The molecule has 1 aromatic carbocycles. The number of nitrogens with one attached hydrogen (secondary N) is 2. The molecule has 2 heterocycles. The van der Waals surface area contributed by atoms with Crippen molar-refractivity contribution in [3.05, 3.63) is 53.9 Å². The molecule has 2 N–H and O–H groups in total. The molecule has 0 spiro atoms. The highest BCUT2D eigenvalue weighted by atomic mass is 19.4. The summed E-state index contributed by atoms with van der Waals surface area (Å²) in [5, 5.41) is 5.68. The molecule has 0 aliphatic carbocycles. The Bertz CT molecular complexity index is 808. The van der Waals surface area contributed by atoms with Gasteiger partial charge in [0.15, 0.2) is 0 Å². The highest BCUT2D eigenvalue weighted by molar-refractivity contribution is 5.93. The van der Waals surface area contributed by atoms with Gasteiger partial charge in [-0.05, 0) is 30.3 Å². The van der Waals surface area contributed by atoms with Crippen molar-refractivity contribution in [2.24, 2.45) is 0 Å². The van der Waals surface area contributed by atoms with Crippen molar-refractivity contribution in [1.29, 1.82) is 0 Å². The van der Waals surface area contributed by atoms with Crippen LogP contribution in [0.15, 0.2) is 42.6 Å². The summed E-state index contributed by atoms with van der Waals surface area (Å²) in [6.45, 7) is 4.26. The van der Waals surface area contributed by atoms with E-state index in [4.69, 9.17) is 4.74 Å². The first-order valence-corrected chi connectivity index (χ1v) is 8.90. The van der Waals surface area contributed by atoms with Gasteiger partial charge in [-0.2, -0.15) is 13.2 Å². The number of anilines is 2. The zero-order valence-electron chi connectivity index (χ0n) is 15.1. The zero-order chi connectivity index (χ0) is 20.0. The number of halogens is 3. The summed E-state index contributed by atoms with van der Waals surface area (Å²) >= 11 is 0. The second-order valence-electron chi connectivity index (χ2n) is 6.34. The summed E-state index contributed by atoms with van der Waals surface area (Å²) < 4.78 is 43.8. The number of hydrogen-bond donors (Lipinski definition) is 2. The van der Waals surface area contributed by atoms with Crippen LogP contribution in [0.5, 0.6) is 0 Å². The number of hydrogen-bond acceptors (Lipinski definition) is 5. The first-order valence-electron chi connectivity index (χ1n) is 8.90. The van der Waals surface area contributed by atoms with Gasteiger partial charge in [-0.15, -0.1) is 0 Å². The van der Waals surface area contributed by atoms with E-state index in [9.17, 15) is 18.0 Å². The molecule has 0 bridgehead atoms. The largest absolute Gasteiger partial charge is 0.416 e. The third-order valence-electron chi connectivity index (χ3n) is 4.29. The number of ether oxygens (including phenoxy) is 1. The minimum Gasteiger partial charge on any atom is -0.379 e. The van der Waals surface area contributed by atoms with Gasteiger partial charge < -0.3 is 15.4 Å². The number of pyridine rings is 1. The molecule has 0 atom stereocenters. The lowest BCUT2D eigenvalue weighted by molar-refractivity contribution is -0.137. The van der Waals surface area contributed by atoms with Crippen LogP contribution in [0.4, 0.5) is 24.5 Å². The molecule has 1 aliphatic rings. The van der Waals surface area contributed by atoms with E-state index >= 15 is 0 Å². The van der Waals surface area contributed by atoms with Crippen molar-refractivity contribution in [2.45, 2.75) is 6.18 Å². The number of amides is 1. The number of carbonyl (C=O) groups is 1. The summed E-state index contributed by atoms with van der Waals surface area (Å²) in [6, 6.07) is 7.96. The van der Waals surface area contributed by atoms with E-state index in [-0.39, 0.29) is 17.3 Å². The second-order valence-corrected chi connectivity index (χ2v) is 6.34. The Morgan fingerprint density at radius 1 is 1.14 bits per heavy atom. The third kappa shape index (κ3) is 5.67. The van der Waals surface area contributed by atoms with Crippen LogP contribution < -0.4 is 10.6 Å². The Hall–Kier alpha value is -2.65. The van der Waals surface area contributed by atoms with Gasteiger partial charge in [0, 0.05) is 43.8 Å². The predicted octanol–water partition coefficient (Wildman–Crippen LogP) is 2.91. The highest BCUT2D eigenvalue weighted by Gasteiger charge is 2.30. The molecule has 0 unspecified atom stereocenters. The van der Waals surface area contributed by atoms with Crippen LogP contribution in [0, 0.1) is 0 Å². The van der Waals surface area contributed by atoms with Crippen LogP contribution in [0.1, 0.15) is 16.1 Å². The topological polar surface area (TPSA) is 66.5 Å². The molecule has 150 valence electrons. The van der Waals surface area contributed by atoms with Crippen molar-refractivity contribution in [2.75, 3.05) is 44.7 Å². The molecule has 1 saturated heterocycles. The SMILES string of the molecule is O=C(NCCN1CCOCC1)c1cc(Nc2cccc(C(F)(F)F)c2)ccn1. The fraction of sp³-hybridized carbons (Fsp3) is 0.368. The van der Waals surface area contributed by atoms with Crippen molar-refractivity contribution < 1.29 is 22.7 Å². The van der Waals surface area contributed by atoms with Crippen molar-refractivity contribution in [3.8, 4) is 0 Å². The first-order chi connectivity index (χ1) is 13.4. The Kier molecular flexibility index (Phi) is 6.48. The molecule has 1 amide bonds. The maximum absolute atomic E-state index is 12.8. The maximum atomic E-state index is 12.8. The molecular formula is C19H21F3N4O2. The quantitative estimate of drug-likeness (QED) is 0.789. The molecule has 1 aliphatic heterocycles. The van der Waals surface area contributed by atoms with E-state index in [1.54, 1.807) is 6.07 Å². The predicted molar refractivity (Wildman–Crippen MR) is 98.6 cm³/mol. The van der Waals surface area contributed by atoms with E-state index in [1.807, 2.05) is 0 Å². The van der Waals surface area contributed by atoms with Crippen LogP contribution in [0.2, 0.25) is 0 Å². The van der Waals surface area contributed by atoms with Gasteiger partial charge in [0.2, 0.25) is 0 Å². The van der Waals surface area contributed by atoms with Crippen LogP contribution in [-0.2, 0) is 10.9 Å². The Labute approximate surface area is 160 Å². The smallest absolute Gasteiger partial charge is 0.379 e. The standard InChI is InChI=1S/C19H21F3N4O2/c20-19(21,22)14-2-1-3-15(12-14)25-16-4-5-23-17(13-16)18(27)24-6-7-26-8-10-28-11-9-26/h1-5,12-13H,6-11H2,(H,23,25)(H,24,27). The number of rotatable bonds is 6. The summed E-state index contributed by atoms with van der Waals surface area (Å²) in [6.07, 6.45) is -2.98. The van der Waals surface area contributed by atoms with Gasteiger partial charge in [-0.1, -0.05) is 6.07 Å². The van der Waals surface area contributed by atoms with Gasteiger partial charge in [-0.3, -0.25) is 14.7 Å². The monoisotopic (exact) mass is 394 g/mol. The average molecular weight is 394 g/mol. The number of morpholine rings is 1. The van der Waals surface area contributed by atoms with E-state index in [1.165, 1.54) is 24.4 Å². The molecule has 3 rings (SSSR count). The van der Waals surface area contributed by atoms with E-state index in [0.29, 0.717) is 25.4 Å². The number of aromatic nitrogens is 1. The number of benzene rings is 1. The normalized spacial score (nSPS) is 15.2. The van der Waals surface area contributed by atoms with Crippen LogP contribution >= 0.6 is 0 Å². The summed E-state index contributed by atoms with van der Waals surface area (Å²) in [5.41, 5.74) is 0.207. The Morgan fingerprint density at radius 3 is 2.64 bits per heavy atom. The Morgan fingerprint density at radius 2 is 1.89 bits per heavy atom. The second kappa shape index (κ2) is 9.03. The lowest BCUT2D eigenvalue weighted by Crippen LogP contribution is -2.41. The highest BCUT2D eigenvalue weighted by Crippen LogP contribution is 2.31. The molecule has 9 heteroatoms. The lowest BCUT2D eigenvalue weighted by atomic mass is 10.2. The minimum absolute atomic E-state index is 0.193. The van der Waals surface area contributed by atoms with Gasteiger partial charge >= 0.3 is 6.18 Å². The maximum Gasteiger partial charge on any atom is 0.416 e. The van der Waals surface area contributed by atoms with Crippen molar-refractivity contribution in [1.82, 2.24) is 15.2 Å². The van der Waals surface area contributed by atoms with Gasteiger partial charge in [-0.25, -0.2) is 0 Å². The Balaban J connectivity index is 1.58. The lowest BCUT2D eigenvalue weighted by Gasteiger charge is -2.26. The minimum atomic E-state index is -4.42.